The minimum atomic E-state index is -3.14. The standard InChI is InChI=1S/C5H8N4O12/c10-6(11)1-18-5(19-2-7(12)13,20-3-8(14)15)21-4-9(16)17/h1-4H2. The molecule has 0 radical (unpaired) electrons. The largest absolute Gasteiger partial charge is 0.432 e. The van der Waals surface area contributed by atoms with Crippen LogP contribution < -0.4 is 0 Å². The van der Waals surface area contributed by atoms with Crippen LogP contribution in [0.25, 0.3) is 0 Å². The Bertz CT molecular complexity index is 333. The SMILES string of the molecule is O=[N+]([O-])COC(OC[N+](=O)[O-])(OC[N+](=O)[O-])OC[N+](=O)[O-]. The Morgan fingerprint density at radius 2 is 0.762 bits per heavy atom. The summed E-state index contributed by atoms with van der Waals surface area (Å²) in [4.78, 5) is 36.3. The van der Waals surface area contributed by atoms with E-state index in [1.807, 2.05) is 0 Å². The second-order valence-electron chi connectivity index (χ2n) is 2.92. The lowest BCUT2D eigenvalue weighted by Gasteiger charge is -2.25. The average molecular weight is 316 g/mol. The Morgan fingerprint density at radius 1 is 0.571 bits per heavy atom. The zero-order chi connectivity index (χ0) is 16.5. The second kappa shape index (κ2) is 8.58. The first-order chi connectivity index (χ1) is 9.67. The summed E-state index contributed by atoms with van der Waals surface area (Å²) < 4.78 is 17.1. The van der Waals surface area contributed by atoms with Gasteiger partial charge in [-0.1, -0.05) is 0 Å². The van der Waals surface area contributed by atoms with Crippen molar-refractivity contribution < 1.29 is 38.6 Å². The van der Waals surface area contributed by atoms with E-state index >= 15 is 0 Å². The Morgan fingerprint density at radius 3 is 0.905 bits per heavy atom. The molecule has 21 heavy (non-hydrogen) atoms. The smallest absolute Gasteiger partial charge is 0.262 e. The number of hydrogen-bond donors (Lipinski definition) is 0. The predicted octanol–water partition coefficient (Wildman–Crippen LogP) is -1.40. The molecule has 16 heteroatoms. The summed E-state index contributed by atoms with van der Waals surface area (Å²) in [6.45, 7) is -5.64. The molecule has 0 aromatic rings. The molecule has 0 fully saturated rings. The lowest BCUT2D eigenvalue weighted by molar-refractivity contribution is -0.680. The third-order valence-electron chi connectivity index (χ3n) is 1.39. The van der Waals surface area contributed by atoms with Gasteiger partial charge in [-0.05, 0) is 0 Å². The van der Waals surface area contributed by atoms with Gasteiger partial charge in [0.2, 0.25) is 0 Å². The van der Waals surface area contributed by atoms with Crippen LogP contribution in [0.15, 0.2) is 0 Å². The van der Waals surface area contributed by atoms with E-state index in [4.69, 9.17) is 0 Å². The molecule has 0 aromatic heterocycles. The molecular weight excluding hydrogens is 308 g/mol. The first kappa shape index (κ1) is 18.4. The van der Waals surface area contributed by atoms with Crippen LogP contribution >= 0.6 is 0 Å². The number of nitrogens with zero attached hydrogens (tertiary/aromatic N) is 4. The number of rotatable bonds is 12. The van der Waals surface area contributed by atoms with Crippen molar-refractivity contribution in [1.82, 2.24) is 0 Å². The highest BCUT2D eigenvalue weighted by Crippen LogP contribution is 2.18. The van der Waals surface area contributed by atoms with Crippen molar-refractivity contribution in [3.05, 3.63) is 40.5 Å². The summed E-state index contributed by atoms with van der Waals surface area (Å²) in [6, 6.07) is 0. The van der Waals surface area contributed by atoms with E-state index in [-0.39, 0.29) is 0 Å². The molecular formula is C5H8N4O12. The lowest BCUT2D eigenvalue weighted by atomic mass is 10.9. The van der Waals surface area contributed by atoms with Crippen LogP contribution in [0.4, 0.5) is 0 Å². The fourth-order valence-electron chi connectivity index (χ4n) is 0.777. The van der Waals surface area contributed by atoms with Gasteiger partial charge in [0.1, 0.15) is 0 Å². The van der Waals surface area contributed by atoms with Crippen LogP contribution in [-0.4, -0.2) is 52.8 Å². The molecule has 0 atom stereocenters. The maximum Gasteiger partial charge on any atom is 0.432 e. The first-order valence-electron chi connectivity index (χ1n) is 4.70. The van der Waals surface area contributed by atoms with Crippen molar-refractivity contribution >= 4 is 0 Å². The Kier molecular flexibility index (Phi) is 7.53. The van der Waals surface area contributed by atoms with Crippen LogP contribution in [0.1, 0.15) is 0 Å². The third kappa shape index (κ3) is 9.04. The topological polar surface area (TPSA) is 209 Å². The molecule has 0 spiro atoms. The van der Waals surface area contributed by atoms with Crippen LogP contribution in [0, 0.1) is 40.5 Å². The number of ether oxygens (including phenoxy) is 4. The van der Waals surface area contributed by atoms with Crippen LogP contribution in [0.5, 0.6) is 0 Å². The molecule has 0 aliphatic carbocycles. The monoisotopic (exact) mass is 316 g/mol. The van der Waals surface area contributed by atoms with Crippen molar-refractivity contribution in [2.24, 2.45) is 0 Å². The molecule has 0 heterocycles. The summed E-state index contributed by atoms with van der Waals surface area (Å²) in [6.07, 6.45) is -3.14. The average Bonchev–Trinajstić information content (AvgIpc) is 2.36. The zero-order valence-corrected chi connectivity index (χ0v) is 10.0. The summed E-state index contributed by atoms with van der Waals surface area (Å²) in [5, 5.41) is 40.7. The Labute approximate surface area is 113 Å². The van der Waals surface area contributed by atoms with Gasteiger partial charge in [0.25, 0.3) is 0 Å². The minimum Gasteiger partial charge on any atom is -0.262 e. The molecule has 0 saturated heterocycles. The van der Waals surface area contributed by atoms with Crippen LogP contribution in [-0.2, 0) is 18.9 Å². The van der Waals surface area contributed by atoms with E-state index in [1.54, 1.807) is 0 Å². The molecule has 0 bridgehead atoms. The summed E-state index contributed by atoms with van der Waals surface area (Å²) in [5.74, 6) is 0. The van der Waals surface area contributed by atoms with Gasteiger partial charge in [-0.2, -0.15) is 0 Å². The highest BCUT2D eigenvalue weighted by molar-refractivity contribution is 4.37. The number of nitro groups is 4. The van der Waals surface area contributed by atoms with Gasteiger partial charge in [-0.3, -0.25) is 40.5 Å². The van der Waals surface area contributed by atoms with Gasteiger partial charge in [-0.15, -0.1) is 0 Å². The van der Waals surface area contributed by atoms with E-state index in [9.17, 15) is 40.5 Å². The maximum absolute atomic E-state index is 10.2. The molecule has 16 nitrogen and oxygen atoms in total. The predicted molar refractivity (Wildman–Crippen MR) is 54.5 cm³/mol. The van der Waals surface area contributed by atoms with Crippen LogP contribution in [0.3, 0.4) is 0 Å². The van der Waals surface area contributed by atoms with Crippen LogP contribution in [0.2, 0.25) is 0 Å². The maximum atomic E-state index is 10.2. The summed E-state index contributed by atoms with van der Waals surface area (Å²) in [7, 11) is 0. The Hall–Kier alpha value is -2.56. The molecule has 0 amide bonds. The molecule has 0 unspecified atom stereocenters. The van der Waals surface area contributed by atoms with Gasteiger partial charge < -0.3 is 0 Å². The highest BCUT2D eigenvalue weighted by Gasteiger charge is 2.43. The van der Waals surface area contributed by atoms with E-state index in [0.717, 1.165) is 0 Å². The van der Waals surface area contributed by atoms with Crippen molar-refractivity contribution in [1.29, 1.82) is 0 Å². The van der Waals surface area contributed by atoms with Crippen molar-refractivity contribution in [2.75, 3.05) is 26.9 Å². The molecule has 0 saturated carbocycles. The van der Waals surface area contributed by atoms with Gasteiger partial charge in [0.15, 0.2) is 0 Å². The van der Waals surface area contributed by atoms with E-state index in [0.29, 0.717) is 0 Å². The molecule has 0 aliphatic heterocycles. The molecule has 0 N–H and O–H groups in total. The van der Waals surface area contributed by atoms with Gasteiger partial charge in [0.05, 0.1) is 0 Å². The minimum absolute atomic E-state index is 1.10. The summed E-state index contributed by atoms with van der Waals surface area (Å²) >= 11 is 0. The first-order valence-corrected chi connectivity index (χ1v) is 4.70. The fraction of sp³-hybridized carbons (Fsp3) is 1.00. The lowest BCUT2D eigenvalue weighted by Crippen LogP contribution is -2.46. The van der Waals surface area contributed by atoms with Gasteiger partial charge >= 0.3 is 33.1 Å². The van der Waals surface area contributed by atoms with Crippen molar-refractivity contribution in [3.8, 4) is 0 Å². The van der Waals surface area contributed by atoms with Gasteiger partial charge in [-0.25, -0.2) is 18.9 Å². The molecule has 0 rings (SSSR count). The number of hydrogen-bond acceptors (Lipinski definition) is 12. The summed E-state index contributed by atoms with van der Waals surface area (Å²) in [5.41, 5.74) is 0. The van der Waals surface area contributed by atoms with Gasteiger partial charge in [0, 0.05) is 19.7 Å². The van der Waals surface area contributed by atoms with E-state index in [1.165, 1.54) is 0 Å². The normalized spacial score (nSPS) is 11.0. The second-order valence-corrected chi connectivity index (χ2v) is 2.92. The van der Waals surface area contributed by atoms with Crippen molar-refractivity contribution in [3.63, 3.8) is 0 Å². The Balaban J connectivity index is 5.02. The highest BCUT2D eigenvalue weighted by atomic mass is 17.0. The third-order valence-corrected chi connectivity index (χ3v) is 1.39. The molecule has 0 aromatic carbocycles. The quantitative estimate of drug-likeness (QED) is 0.231. The molecule has 0 aliphatic rings. The molecule has 120 valence electrons. The zero-order valence-electron chi connectivity index (χ0n) is 10.0. The fourth-order valence-corrected chi connectivity index (χ4v) is 0.777. The van der Waals surface area contributed by atoms with E-state index < -0.39 is 52.8 Å². The van der Waals surface area contributed by atoms with E-state index in [2.05, 4.69) is 18.9 Å². The van der Waals surface area contributed by atoms with Crippen molar-refractivity contribution in [2.45, 2.75) is 6.16 Å².